The van der Waals surface area contributed by atoms with Gasteiger partial charge in [-0.15, -0.1) is 0 Å². The molecule has 2 heterocycles. The highest BCUT2D eigenvalue weighted by Crippen LogP contribution is 2.21. The van der Waals surface area contributed by atoms with Crippen molar-refractivity contribution in [1.29, 1.82) is 0 Å². The molecule has 1 aliphatic heterocycles. The third kappa shape index (κ3) is 2.26. The monoisotopic (exact) mass is 249 g/mol. The number of nitrogens with one attached hydrogen (secondary N) is 1. The molecule has 0 bridgehead atoms. The molecule has 7 nitrogen and oxygen atoms in total. The maximum absolute atomic E-state index is 11.8. The van der Waals surface area contributed by atoms with Crippen LogP contribution in [0.5, 0.6) is 0 Å². The smallest absolute Gasteiger partial charge is 0.319 e. The van der Waals surface area contributed by atoms with E-state index in [-0.39, 0.29) is 12.7 Å². The van der Waals surface area contributed by atoms with Crippen LogP contribution in [0.2, 0.25) is 0 Å². The van der Waals surface area contributed by atoms with Crippen molar-refractivity contribution in [2.24, 2.45) is 12.0 Å². The molecule has 2 rings (SSSR count). The van der Waals surface area contributed by atoms with Gasteiger partial charge in [0.1, 0.15) is 6.67 Å². The predicted molar refractivity (Wildman–Crippen MR) is 63.6 cm³/mol. The largest absolute Gasteiger partial charge is 0.319 e. The first-order valence-electron chi connectivity index (χ1n) is 5.71. The number of carbonyl (C=O) groups excluding carboxylic acids is 2. The fourth-order valence-corrected chi connectivity index (χ4v) is 2.20. The fourth-order valence-electron chi connectivity index (χ4n) is 2.20. The van der Waals surface area contributed by atoms with Gasteiger partial charge >= 0.3 is 6.03 Å². The maximum Gasteiger partial charge on any atom is 0.319 e. The summed E-state index contributed by atoms with van der Waals surface area (Å²) in [5.41, 5.74) is 3.32. The molecule has 0 fully saturated rings. The van der Waals surface area contributed by atoms with E-state index in [0.29, 0.717) is 13.1 Å². The Morgan fingerprint density at radius 1 is 1.61 bits per heavy atom. The van der Waals surface area contributed by atoms with Gasteiger partial charge in [0.05, 0.1) is 17.9 Å². The zero-order chi connectivity index (χ0) is 13.1. The van der Waals surface area contributed by atoms with Crippen LogP contribution in [0.25, 0.3) is 0 Å². The average Bonchev–Trinajstić information content (AvgIpc) is 2.65. The first-order chi connectivity index (χ1) is 8.63. The number of hydrogen-bond acceptors (Lipinski definition) is 4. The molecular weight excluding hydrogens is 234 g/mol. The zero-order valence-electron chi connectivity index (χ0n) is 10.4. The van der Waals surface area contributed by atoms with E-state index in [2.05, 4.69) is 15.4 Å². The molecule has 0 aliphatic carbocycles. The van der Waals surface area contributed by atoms with Gasteiger partial charge < -0.3 is 10.2 Å². The van der Waals surface area contributed by atoms with Crippen LogP contribution in [-0.2, 0) is 24.8 Å². The van der Waals surface area contributed by atoms with Crippen molar-refractivity contribution in [3.8, 4) is 0 Å². The van der Waals surface area contributed by atoms with E-state index in [1.807, 2.05) is 18.7 Å². The summed E-state index contributed by atoms with van der Waals surface area (Å²) in [5.74, 6) is 0. The molecule has 1 aromatic heterocycles. The lowest BCUT2D eigenvalue weighted by molar-refractivity contribution is 0.191. The summed E-state index contributed by atoms with van der Waals surface area (Å²) in [6.45, 7) is 3.13. The minimum absolute atomic E-state index is 0.0316. The number of rotatable bonds is 2. The molecule has 1 aromatic rings. The highest BCUT2D eigenvalue weighted by atomic mass is 16.2. The van der Waals surface area contributed by atoms with Crippen LogP contribution in [0.1, 0.15) is 17.0 Å². The number of nitrogens with zero attached hydrogens (tertiary/aromatic N) is 4. The molecular formula is C11H15N5O2. The van der Waals surface area contributed by atoms with Gasteiger partial charge in [0.2, 0.25) is 6.08 Å². The Morgan fingerprint density at radius 3 is 3.11 bits per heavy atom. The van der Waals surface area contributed by atoms with E-state index in [1.165, 1.54) is 11.6 Å². The quantitative estimate of drug-likeness (QED) is 0.596. The van der Waals surface area contributed by atoms with Crippen molar-refractivity contribution in [1.82, 2.24) is 20.0 Å². The Morgan fingerprint density at radius 2 is 2.39 bits per heavy atom. The molecule has 0 saturated carbocycles. The Balaban J connectivity index is 2.05. The number of isocyanates is 1. The molecule has 0 unspecified atom stereocenters. The lowest BCUT2D eigenvalue weighted by Gasteiger charge is -2.27. The van der Waals surface area contributed by atoms with Gasteiger partial charge in [0, 0.05) is 13.6 Å². The van der Waals surface area contributed by atoms with Crippen molar-refractivity contribution in [3.05, 3.63) is 17.0 Å². The van der Waals surface area contributed by atoms with Crippen molar-refractivity contribution in [2.75, 3.05) is 13.2 Å². The van der Waals surface area contributed by atoms with Gasteiger partial charge in [0.25, 0.3) is 0 Å². The molecule has 18 heavy (non-hydrogen) atoms. The molecule has 0 radical (unpaired) electrons. The van der Waals surface area contributed by atoms with E-state index < -0.39 is 0 Å². The molecule has 2 amide bonds. The van der Waals surface area contributed by atoms with E-state index in [9.17, 15) is 9.59 Å². The van der Waals surface area contributed by atoms with Gasteiger partial charge in [-0.3, -0.25) is 4.68 Å². The first-order valence-corrected chi connectivity index (χ1v) is 5.71. The predicted octanol–water partition coefficient (Wildman–Crippen LogP) is 0.0895. The van der Waals surface area contributed by atoms with Crippen LogP contribution in [0.15, 0.2) is 4.99 Å². The SMILES string of the molecule is Cc1nn(C)c2c1CCN(C(=O)NCN=C=O)C2. The standard InChI is InChI=1S/C11H15N5O2/c1-8-9-3-4-16(5-10(9)15(2)14-8)11(18)13-6-12-7-17/h3-6H2,1-2H3,(H,13,18). The Bertz CT molecular complexity index is 516. The summed E-state index contributed by atoms with van der Waals surface area (Å²) in [6, 6.07) is -0.224. The number of urea groups is 1. The highest BCUT2D eigenvalue weighted by Gasteiger charge is 2.24. The molecule has 0 saturated heterocycles. The number of aryl methyl sites for hydroxylation is 2. The zero-order valence-corrected chi connectivity index (χ0v) is 10.4. The molecule has 1 N–H and O–H groups in total. The van der Waals surface area contributed by atoms with Crippen LogP contribution in [0.3, 0.4) is 0 Å². The summed E-state index contributed by atoms with van der Waals surface area (Å²) in [6.07, 6.45) is 2.19. The third-order valence-electron chi connectivity index (χ3n) is 3.11. The number of fused-ring (bicyclic) bond motifs is 1. The molecule has 0 atom stereocenters. The molecule has 1 aliphatic rings. The van der Waals surface area contributed by atoms with Crippen molar-refractivity contribution >= 4 is 12.1 Å². The molecule has 7 heteroatoms. The molecule has 0 aromatic carbocycles. The lowest BCUT2D eigenvalue weighted by Crippen LogP contribution is -2.43. The molecule has 96 valence electrons. The number of aromatic nitrogens is 2. The Labute approximate surface area is 104 Å². The van der Waals surface area contributed by atoms with Gasteiger partial charge in [-0.2, -0.15) is 10.1 Å². The normalized spacial score (nSPS) is 13.8. The Hall–Kier alpha value is -2.14. The highest BCUT2D eigenvalue weighted by molar-refractivity contribution is 5.74. The van der Waals surface area contributed by atoms with Gasteiger partial charge in [0.15, 0.2) is 0 Å². The van der Waals surface area contributed by atoms with Gasteiger partial charge in [-0.25, -0.2) is 9.59 Å². The second-order valence-corrected chi connectivity index (χ2v) is 4.20. The third-order valence-corrected chi connectivity index (χ3v) is 3.11. The summed E-state index contributed by atoms with van der Waals surface area (Å²) in [5, 5.41) is 6.89. The van der Waals surface area contributed by atoms with Crippen molar-refractivity contribution in [2.45, 2.75) is 19.9 Å². The fraction of sp³-hybridized carbons (Fsp3) is 0.545. The lowest BCUT2D eigenvalue weighted by atomic mass is 10.1. The Kier molecular flexibility index (Phi) is 3.43. The van der Waals surface area contributed by atoms with Gasteiger partial charge in [-0.05, 0) is 18.9 Å². The van der Waals surface area contributed by atoms with Crippen LogP contribution >= 0.6 is 0 Å². The number of hydrogen-bond donors (Lipinski definition) is 1. The van der Waals surface area contributed by atoms with E-state index >= 15 is 0 Å². The number of amides is 2. The van der Waals surface area contributed by atoms with Crippen LogP contribution < -0.4 is 5.32 Å². The van der Waals surface area contributed by atoms with E-state index in [1.54, 1.807) is 4.90 Å². The summed E-state index contributed by atoms with van der Waals surface area (Å²) >= 11 is 0. The number of aliphatic imine (C=N–C) groups is 1. The topological polar surface area (TPSA) is 79.6 Å². The van der Waals surface area contributed by atoms with Crippen LogP contribution in [0.4, 0.5) is 4.79 Å². The summed E-state index contributed by atoms with van der Waals surface area (Å²) in [7, 11) is 1.88. The number of carbonyl (C=O) groups is 1. The van der Waals surface area contributed by atoms with Crippen LogP contribution in [0, 0.1) is 6.92 Å². The minimum atomic E-state index is -0.224. The maximum atomic E-state index is 11.8. The van der Waals surface area contributed by atoms with Crippen LogP contribution in [-0.4, -0.2) is 40.0 Å². The summed E-state index contributed by atoms with van der Waals surface area (Å²) < 4.78 is 1.81. The van der Waals surface area contributed by atoms with Gasteiger partial charge in [-0.1, -0.05) is 0 Å². The van der Waals surface area contributed by atoms with Crippen molar-refractivity contribution < 1.29 is 9.59 Å². The average molecular weight is 249 g/mol. The second kappa shape index (κ2) is 5.01. The minimum Gasteiger partial charge on any atom is -0.319 e. The summed E-state index contributed by atoms with van der Waals surface area (Å²) in [4.78, 5) is 26.7. The second-order valence-electron chi connectivity index (χ2n) is 4.20. The van der Waals surface area contributed by atoms with Crippen molar-refractivity contribution in [3.63, 3.8) is 0 Å². The van der Waals surface area contributed by atoms with E-state index in [0.717, 1.165) is 17.8 Å². The first kappa shape index (κ1) is 12.3. The van der Waals surface area contributed by atoms with E-state index in [4.69, 9.17) is 0 Å². The molecule has 0 spiro atoms.